The first kappa shape index (κ1) is 18.2. The molecule has 0 amide bonds. The number of aliphatic carboxylic acids is 1. The number of hydrogen-bond acceptors (Lipinski definition) is 3. The summed E-state index contributed by atoms with van der Waals surface area (Å²) < 4.78 is 6.03. The van der Waals surface area contributed by atoms with Crippen molar-refractivity contribution >= 4 is 28.3 Å². The molecule has 4 nitrogen and oxygen atoms in total. The summed E-state index contributed by atoms with van der Waals surface area (Å²) in [6.07, 6.45) is 0. The van der Waals surface area contributed by atoms with E-state index in [4.69, 9.17) is 21.4 Å². The zero-order valence-corrected chi connectivity index (χ0v) is 15.2. The number of rotatable bonds is 7. The number of nitrogens with one attached hydrogen (secondary N) is 1. The molecule has 3 rings (SSSR count). The zero-order chi connectivity index (χ0) is 18.5. The van der Waals surface area contributed by atoms with Gasteiger partial charge in [0.05, 0.1) is 0 Å². The topological polar surface area (TPSA) is 58.6 Å². The highest BCUT2D eigenvalue weighted by Gasteiger charge is 2.14. The van der Waals surface area contributed by atoms with Gasteiger partial charge in [-0.05, 0) is 41.5 Å². The van der Waals surface area contributed by atoms with Gasteiger partial charge in [-0.3, -0.25) is 4.79 Å². The number of fused-ring (bicyclic) bond motifs is 1. The zero-order valence-electron chi connectivity index (χ0n) is 14.4. The molecule has 0 aliphatic heterocycles. The van der Waals surface area contributed by atoms with E-state index in [9.17, 15) is 4.79 Å². The molecule has 0 spiro atoms. The molecular weight excluding hydrogens is 350 g/mol. The summed E-state index contributed by atoms with van der Waals surface area (Å²) in [6.45, 7) is 2.42. The van der Waals surface area contributed by atoms with E-state index in [0.717, 1.165) is 27.6 Å². The van der Waals surface area contributed by atoms with Crippen LogP contribution in [0.1, 0.15) is 18.1 Å². The molecule has 2 N–H and O–H groups in total. The minimum Gasteiger partial charge on any atom is -0.489 e. The number of ether oxygens (including phenoxy) is 1. The van der Waals surface area contributed by atoms with Crippen LogP contribution < -0.4 is 10.1 Å². The van der Waals surface area contributed by atoms with E-state index in [1.807, 2.05) is 60.7 Å². The molecule has 0 radical (unpaired) electrons. The van der Waals surface area contributed by atoms with Crippen molar-refractivity contribution in [3.8, 4) is 5.75 Å². The van der Waals surface area contributed by atoms with Gasteiger partial charge in [-0.2, -0.15) is 0 Å². The van der Waals surface area contributed by atoms with Crippen LogP contribution in [0.15, 0.2) is 60.7 Å². The van der Waals surface area contributed by atoms with Gasteiger partial charge in [-0.1, -0.05) is 54.1 Å². The first-order valence-corrected chi connectivity index (χ1v) is 8.76. The maximum absolute atomic E-state index is 11.1. The van der Waals surface area contributed by atoms with Crippen LogP contribution in [-0.2, 0) is 17.9 Å². The van der Waals surface area contributed by atoms with Gasteiger partial charge >= 0.3 is 5.97 Å². The second-order valence-electron chi connectivity index (χ2n) is 6.12. The Balaban J connectivity index is 1.88. The Morgan fingerprint density at radius 2 is 1.96 bits per heavy atom. The third-order valence-corrected chi connectivity index (χ3v) is 4.47. The fourth-order valence-electron chi connectivity index (χ4n) is 2.76. The Labute approximate surface area is 157 Å². The van der Waals surface area contributed by atoms with Crippen molar-refractivity contribution in [2.45, 2.75) is 26.1 Å². The summed E-state index contributed by atoms with van der Waals surface area (Å²) in [4.78, 5) is 11.1. The van der Waals surface area contributed by atoms with E-state index in [1.54, 1.807) is 6.92 Å². The lowest BCUT2D eigenvalue weighted by atomic mass is 10.0. The van der Waals surface area contributed by atoms with Crippen molar-refractivity contribution in [1.82, 2.24) is 5.32 Å². The molecule has 0 bridgehead atoms. The van der Waals surface area contributed by atoms with E-state index in [-0.39, 0.29) is 0 Å². The van der Waals surface area contributed by atoms with Crippen LogP contribution in [0, 0.1) is 0 Å². The maximum Gasteiger partial charge on any atom is 0.320 e. The summed E-state index contributed by atoms with van der Waals surface area (Å²) in [5.74, 6) is -0.152. The standard InChI is InChI=1S/C21H20ClNO3/c1-14(21(24)25)23-12-19-18-8-3-2-6-16(18)9-10-20(19)26-13-15-5-4-7-17(22)11-15/h2-11,14,23H,12-13H2,1H3,(H,24,25). The second-order valence-corrected chi connectivity index (χ2v) is 6.56. The van der Waals surface area contributed by atoms with Gasteiger partial charge in [0.2, 0.25) is 0 Å². The average molecular weight is 370 g/mol. The number of halogens is 1. The Morgan fingerprint density at radius 3 is 2.73 bits per heavy atom. The van der Waals surface area contributed by atoms with Crippen molar-refractivity contribution in [2.24, 2.45) is 0 Å². The summed E-state index contributed by atoms with van der Waals surface area (Å²) in [6, 6.07) is 18.8. The molecule has 0 aliphatic carbocycles. The quantitative estimate of drug-likeness (QED) is 0.637. The lowest BCUT2D eigenvalue weighted by molar-refractivity contribution is -0.139. The molecule has 0 aromatic heterocycles. The number of hydrogen-bond donors (Lipinski definition) is 2. The molecule has 1 atom stereocenters. The van der Waals surface area contributed by atoms with Crippen molar-refractivity contribution in [1.29, 1.82) is 0 Å². The van der Waals surface area contributed by atoms with E-state index >= 15 is 0 Å². The van der Waals surface area contributed by atoms with Crippen molar-refractivity contribution in [2.75, 3.05) is 0 Å². The lowest BCUT2D eigenvalue weighted by Gasteiger charge is -2.16. The van der Waals surface area contributed by atoms with E-state index in [1.165, 1.54) is 0 Å². The first-order chi connectivity index (χ1) is 12.5. The molecule has 3 aromatic rings. The van der Waals surface area contributed by atoms with E-state index in [0.29, 0.717) is 18.2 Å². The van der Waals surface area contributed by atoms with Crippen LogP contribution in [0.25, 0.3) is 10.8 Å². The highest BCUT2D eigenvalue weighted by atomic mass is 35.5. The Kier molecular flexibility index (Phi) is 5.76. The fourth-order valence-corrected chi connectivity index (χ4v) is 2.98. The Morgan fingerprint density at radius 1 is 1.15 bits per heavy atom. The average Bonchev–Trinajstić information content (AvgIpc) is 2.64. The van der Waals surface area contributed by atoms with Gasteiger partial charge < -0.3 is 15.2 Å². The molecule has 0 saturated heterocycles. The maximum atomic E-state index is 11.1. The normalized spacial score (nSPS) is 12.1. The molecule has 0 aliphatic rings. The molecule has 0 saturated carbocycles. The van der Waals surface area contributed by atoms with Crippen molar-refractivity contribution in [3.63, 3.8) is 0 Å². The van der Waals surface area contributed by atoms with Gasteiger partial charge in [0.1, 0.15) is 18.4 Å². The molecule has 134 valence electrons. The number of carboxylic acid groups (broad SMARTS) is 1. The van der Waals surface area contributed by atoms with Gasteiger partial charge in [-0.15, -0.1) is 0 Å². The largest absolute Gasteiger partial charge is 0.489 e. The van der Waals surface area contributed by atoms with Gasteiger partial charge in [-0.25, -0.2) is 0 Å². The van der Waals surface area contributed by atoms with Crippen LogP contribution in [0.3, 0.4) is 0 Å². The van der Waals surface area contributed by atoms with Crippen molar-refractivity contribution < 1.29 is 14.6 Å². The molecule has 26 heavy (non-hydrogen) atoms. The summed E-state index contributed by atoms with van der Waals surface area (Å²) in [7, 11) is 0. The number of carboxylic acids is 1. The summed E-state index contributed by atoms with van der Waals surface area (Å²) in [5, 5.41) is 14.9. The summed E-state index contributed by atoms with van der Waals surface area (Å²) >= 11 is 6.03. The van der Waals surface area contributed by atoms with E-state index in [2.05, 4.69) is 5.32 Å². The van der Waals surface area contributed by atoms with E-state index < -0.39 is 12.0 Å². The minimum absolute atomic E-state index is 0.389. The fraction of sp³-hybridized carbons (Fsp3) is 0.190. The minimum atomic E-state index is -0.883. The molecule has 1 unspecified atom stereocenters. The number of carbonyl (C=O) groups is 1. The van der Waals surface area contributed by atoms with Crippen LogP contribution in [0.5, 0.6) is 5.75 Å². The van der Waals surface area contributed by atoms with Gasteiger partial charge in [0, 0.05) is 17.1 Å². The van der Waals surface area contributed by atoms with Gasteiger partial charge in [0.15, 0.2) is 0 Å². The van der Waals surface area contributed by atoms with Gasteiger partial charge in [0.25, 0.3) is 0 Å². The second kappa shape index (κ2) is 8.21. The predicted octanol–water partition coefficient (Wildman–Crippen LogP) is 4.63. The van der Waals surface area contributed by atoms with Crippen LogP contribution in [0.2, 0.25) is 5.02 Å². The molecule has 3 aromatic carbocycles. The Hall–Kier alpha value is -2.56. The Bertz CT molecular complexity index is 926. The monoisotopic (exact) mass is 369 g/mol. The highest BCUT2D eigenvalue weighted by molar-refractivity contribution is 6.30. The molecule has 5 heteroatoms. The first-order valence-electron chi connectivity index (χ1n) is 8.38. The SMILES string of the molecule is CC(NCc1c(OCc2cccc(Cl)c2)ccc2ccccc12)C(=O)O. The molecule has 0 fully saturated rings. The van der Waals surface area contributed by atoms with Crippen LogP contribution in [0.4, 0.5) is 0 Å². The third kappa shape index (κ3) is 4.34. The third-order valence-electron chi connectivity index (χ3n) is 4.24. The molecule has 0 heterocycles. The number of benzene rings is 3. The molecular formula is C21H20ClNO3. The summed E-state index contributed by atoms with van der Waals surface area (Å²) in [5.41, 5.74) is 1.92. The van der Waals surface area contributed by atoms with Crippen LogP contribution in [-0.4, -0.2) is 17.1 Å². The lowest BCUT2D eigenvalue weighted by Crippen LogP contribution is -2.33. The van der Waals surface area contributed by atoms with Crippen LogP contribution >= 0.6 is 11.6 Å². The van der Waals surface area contributed by atoms with Crippen molar-refractivity contribution in [3.05, 3.63) is 76.8 Å². The highest BCUT2D eigenvalue weighted by Crippen LogP contribution is 2.29. The predicted molar refractivity (Wildman–Crippen MR) is 104 cm³/mol. The smallest absolute Gasteiger partial charge is 0.320 e.